The predicted octanol–water partition coefficient (Wildman–Crippen LogP) is 2.39. The van der Waals surface area contributed by atoms with Gasteiger partial charge in [0.2, 0.25) is 0 Å². The van der Waals surface area contributed by atoms with Crippen LogP contribution in [0.15, 0.2) is 0 Å². The Kier molecular flexibility index (Phi) is 6.11. The van der Waals surface area contributed by atoms with E-state index in [4.69, 9.17) is 0 Å². The van der Waals surface area contributed by atoms with Crippen LogP contribution in [0.5, 0.6) is 0 Å². The zero-order chi connectivity index (χ0) is 13.7. The second-order valence-corrected chi connectivity index (χ2v) is 6.87. The lowest BCUT2D eigenvalue weighted by atomic mass is 9.89. The minimum absolute atomic E-state index is 0.0702. The average molecular weight is 268 g/mol. The number of hydrogen-bond donors (Lipinski definition) is 2. The maximum absolute atomic E-state index is 10.1. The van der Waals surface area contributed by atoms with Gasteiger partial charge in [0.15, 0.2) is 0 Å². The molecule has 0 bridgehead atoms. The van der Waals surface area contributed by atoms with Crippen molar-refractivity contribution in [1.82, 2.24) is 10.2 Å². The molecule has 19 heavy (non-hydrogen) atoms. The molecule has 1 saturated heterocycles. The fourth-order valence-corrected chi connectivity index (χ4v) is 3.53. The lowest BCUT2D eigenvalue weighted by molar-refractivity contribution is 0.00720. The van der Waals surface area contributed by atoms with Crippen LogP contribution in [0.25, 0.3) is 0 Å². The Morgan fingerprint density at radius 1 is 1.11 bits per heavy atom. The van der Waals surface area contributed by atoms with Crippen LogP contribution in [0.4, 0.5) is 0 Å². The van der Waals surface area contributed by atoms with Crippen molar-refractivity contribution in [2.45, 2.75) is 77.0 Å². The van der Waals surface area contributed by atoms with Crippen LogP contribution in [-0.2, 0) is 0 Å². The van der Waals surface area contributed by atoms with Crippen LogP contribution in [0, 0.1) is 5.92 Å². The van der Waals surface area contributed by atoms with E-state index in [1.807, 2.05) is 0 Å². The summed E-state index contributed by atoms with van der Waals surface area (Å²) in [6, 6.07) is 1.15. The minimum Gasteiger partial charge on any atom is -0.391 e. The summed E-state index contributed by atoms with van der Waals surface area (Å²) in [6.07, 6.45) is 8.44. The Hall–Kier alpha value is -0.120. The highest BCUT2D eigenvalue weighted by molar-refractivity contribution is 4.87. The maximum atomic E-state index is 10.1. The smallest absolute Gasteiger partial charge is 0.0695 e. The normalized spacial score (nSPS) is 30.9. The number of likely N-dealkylation sites (tertiary alicyclic amines) is 1. The molecule has 0 amide bonds. The maximum Gasteiger partial charge on any atom is 0.0695 e. The van der Waals surface area contributed by atoms with Gasteiger partial charge in [-0.1, -0.05) is 26.7 Å². The highest BCUT2D eigenvalue weighted by Gasteiger charge is 2.31. The van der Waals surface area contributed by atoms with E-state index in [1.54, 1.807) is 0 Å². The Balaban J connectivity index is 1.67. The number of piperidine rings is 1. The van der Waals surface area contributed by atoms with E-state index >= 15 is 0 Å². The quantitative estimate of drug-likeness (QED) is 0.803. The van der Waals surface area contributed by atoms with Crippen molar-refractivity contribution < 1.29 is 5.11 Å². The van der Waals surface area contributed by atoms with E-state index in [0.717, 1.165) is 18.9 Å². The van der Waals surface area contributed by atoms with Gasteiger partial charge in [-0.15, -0.1) is 0 Å². The van der Waals surface area contributed by atoms with Gasteiger partial charge >= 0.3 is 0 Å². The molecule has 1 heterocycles. The zero-order valence-corrected chi connectivity index (χ0v) is 12.8. The van der Waals surface area contributed by atoms with E-state index < -0.39 is 0 Å². The molecular weight excluding hydrogens is 236 g/mol. The van der Waals surface area contributed by atoms with Crippen LogP contribution in [0.1, 0.15) is 58.8 Å². The monoisotopic (exact) mass is 268 g/mol. The molecule has 3 heteroatoms. The fourth-order valence-electron chi connectivity index (χ4n) is 3.53. The summed E-state index contributed by atoms with van der Waals surface area (Å²) in [5, 5.41) is 13.8. The highest BCUT2D eigenvalue weighted by Crippen LogP contribution is 2.25. The number of hydrogen-bond acceptors (Lipinski definition) is 3. The van der Waals surface area contributed by atoms with Gasteiger partial charge in [-0.25, -0.2) is 0 Å². The van der Waals surface area contributed by atoms with Crippen LogP contribution < -0.4 is 5.32 Å². The summed E-state index contributed by atoms with van der Waals surface area (Å²) in [6.45, 7) is 8.07. The van der Waals surface area contributed by atoms with Gasteiger partial charge in [0, 0.05) is 25.2 Å². The molecule has 2 rings (SSSR count). The Morgan fingerprint density at radius 3 is 2.42 bits per heavy atom. The molecular formula is C16H32N2O. The Morgan fingerprint density at radius 2 is 1.79 bits per heavy atom. The fraction of sp³-hybridized carbons (Fsp3) is 1.00. The second-order valence-electron chi connectivity index (χ2n) is 6.87. The van der Waals surface area contributed by atoms with Gasteiger partial charge in [0.05, 0.1) is 6.10 Å². The molecule has 2 atom stereocenters. The third kappa shape index (κ3) is 4.73. The van der Waals surface area contributed by atoms with E-state index in [1.165, 1.54) is 51.6 Å². The van der Waals surface area contributed by atoms with Crippen LogP contribution in [0.3, 0.4) is 0 Å². The lowest BCUT2D eigenvalue weighted by Crippen LogP contribution is -2.51. The molecule has 112 valence electrons. The summed E-state index contributed by atoms with van der Waals surface area (Å²) in [7, 11) is 0. The third-order valence-electron chi connectivity index (χ3n) is 4.85. The zero-order valence-electron chi connectivity index (χ0n) is 12.8. The van der Waals surface area contributed by atoms with Crippen molar-refractivity contribution in [3.05, 3.63) is 0 Å². The molecule has 0 aromatic rings. The first-order chi connectivity index (χ1) is 9.16. The third-order valence-corrected chi connectivity index (χ3v) is 4.85. The molecule has 0 radical (unpaired) electrons. The molecule has 1 aliphatic heterocycles. The molecule has 2 N–H and O–H groups in total. The number of aliphatic hydroxyl groups is 1. The first-order valence-corrected chi connectivity index (χ1v) is 8.32. The summed E-state index contributed by atoms with van der Waals surface area (Å²) >= 11 is 0. The van der Waals surface area contributed by atoms with Crippen molar-refractivity contribution >= 4 is 0 Å². The SMILES string of the molecule is CC(C)CCNC1CCN([C@H]2CCCC[C@@H]2O)CC1. The van der Waals surface area contributed by atoms with Gasteiger partial charge in [-0.2, -0.15) is 0 Å². The van der Waals surface area contributed by atoms with Crippen molar-refractivity contribution in [3.63, 3.8) is 0 Å². The van der Waals surface area contributed by atoms with E-state index in [9.17, 15) is 5.11 Å². The molecule has 2 fully saturated rings. The molecule has 0 spiro atoms. The van der Waals surface area contributed by atoms with E-state index in [2.05, 4.69) is 24.1 Å². The van der Waals surface area contributed by atoms with Gasteiger partial charge in [-0.3, -0.25) is 4.90 Å². The first-order valence-electron chi connectivity index (χ1n) is 8.32. The summed E-state index contributed by atoms with van der Waals surface area (Å²) in [4.78, 5) is 2.55. The standard InChI is InChI=1S/C16H32N2O/c1-13(2)7-10-17-14-8-11-18(12-9-14)15-5-3-4-6-16(15)19/h13-17,19H,3-12H2,1-2H3/t15-,16-/m0/s1. The van der Waals surface area contributed by atoms with Crippen molar-refractivity contribution in [3.8, 4) is 0 Å². The van der Waals surface area contributed by atoms with Gasteiger partial charge < -0.3 is 10.4 Å². The molecule has 1 aliphatic carbocycles. The van der Waals surface area contributed by atoms with Crippen LogP contribution in [-0.4, -0.2) is 47.8 Å². The Labute approximate surface area is 118 Å². The van der Waals surface area contributed by atoms with Crippen LogP contribution >= 0.6 is 0 Å². The summed E-state index contributed by atoms with van der Waals surface area (Å²) < 4.78 is 0. The Bertz CT molecular complexity index is 249. The van der Waals surface area contributed by atoms with Crippen molar-refractivity contribution in [2.24, 2.45) is 5.92 Å². The number of rotatable bonds is 5. The molecule has 2 aliphatic rings. The number of aliphatic hydroxyl groups excluding tert-OH is 1. The number of nitrogens with zero attached hydrogens (tertiary/aromatic N) is 1. The predicted molar refractivity (Wildman–Crippen MR) is 80.3 cm³/mol. The molecule has 0 aromatic carbocycles. The molecule has 0 unspecified atom stereocenters. The molecule has 1 saturated carbocycles. The van der Waals surface area contributed by atoms with Gasteiger partial charge in [0.1, 0.15) is 0 Å². The minimum atomic E-state index is -0.0702. The van der Waals surface area contributed by atoms with Gasteiger partial charge in [-0.05, 0) is 44.6 Å². The van der Waals surface area contributed by atoms with Crippen molar-refractivity contribution in [2.75, 3.05) is 19.6 Å². The molecule has 0 aromatic heterocycles. The van der Waals surface area contributed by atoms with E-state index in [-0.39, 0.29) is 6.10 Å². The van der Waals surface area contributed by atoms with Gasteiger partial charge in [0.25, 0.3) is 0 Å². The summed E-state index contributed by atoms with van der Waals surface area (Å²) in [5.74, 6) is 0.796. The van der Waals surface area contributed by atoms with Crippen LogP contribution in [0.2, 0.25) is 0 Å². The summed E-state index contributed by atoms with van der Waals surface area (Å²) in [5.41, 5.74) is 0. The number of nitrogens with one attached hydrogen (secondary N) is 1. The van der Waals surface area contributed by atoms with Crippen molar-refractivity contribution in [1.29, 1.82) is 0 Å². The average Bonchev–Trinajstić information content (AvgIpc) is 2.40. The topological polar surface area (TPSA) is 35.5 Å². The first kappa shape index (κ1) is 15.3. The largest absolute Gasteiger partial charge is 0.391 e. The molecule has 3 nitrogen and oxygen atoms in total. The highest BCUT2D eigenvalue weighted by atomic mass is 16.3. The second kappa shape index (κ2) is 7.61. The lowest BCUT2D eigenvalue weighted by Gasteiger charge is -2.41. The van der Waals surface area contributed by atoms with E-state index in [0.29, 0.717) is 12.1 Å².